The van der Waals surface area contributed by atoms with E-state index in [2.05, 4.69) is 20.8 Å². The maximum atomic E-state index is 13.7. The third kappa shape index (κ3) is 3.54. The van der Waals surface area contributed by atoms with Crippen LogP contribution in [0.2, 0.25) is 0 Å². The lowest BCUT2D eigenvalue weighted by Gasteiger charge is -2.27. The number of nitrogens with one attached hydrogen (secondary N) is 1. The van der Waals surface area contributed by atoms with E-state index in [0.29, 0.717) is 28.5 Å². The van der Waals surface area contributed by atoms with Crippen molar-refractivity contribution in [2.24, 2.45) is 0 Å². The average molecular weight is 395 g/mol. The van der Waals surface area contributed by atoms with Crippen LogP contribution in [0.25, 0.3) is 0 Å². The van der Waals surface area contributed by atoms with Crippen LogP contribution in [-0.4, -0.2) is 33.3 Å². The number of rotatable bonds is 5. The molecule has 1 aliphatic rings. The van der Waals surface area contributed by atoms with E-state index in [4.69, 9.17) is 9.47 Å². The van der Waals surface area contributed by atoms with Gasteiger partial charge in [-0.25, -0.2) is 9.18 Å². The summed E-state index contributed by atoms with van der Waals surface area (Å²) in [5.74, 6) is 0.220. The van der Waals surface area contributed by atoms with Crippen LogP contribution in [-0.2, 0) is 16.1 Å². The number of fused-ring (bicyclic) bond motifs is 1. The Balaban J connectivity index is 1.60. The van der Waals surface area contributed by atoms with Crippen LogP contribution in [0.1, 0.15) is 24.1 Å². The molecule has 4 rings (SSSR count). The molecule has 1 N–H and O–H groups in total. The molecule has 0 saturated heterocycles. The second-order valence-corrected chi connectivity index (χ2v) is 6.45. The summed E-state index contributed by atoms with van der Waals surface area (Å²) in [5.41, 5.74) is 2.27. The van der Waals surface area contributed by atoms with Gasteiger partial charge in [0.15, 0.2) is 0 Å². The van der Waals surface area contributed by atoms with Gasteiger partial charge in [0.25, 0.3) is 0 Å². The van der Waals surface area contributed by atoms with Gasteiger partial charge in [0.1, 0.15) is 24.2 Å². The summed E-state index contributed by atoms with van der Waals surface area (Å²) in [6.07, 6.45) is 0. The van der Waals surface area contributed by atoms with Crippen molar-refractivity contribution in [1.82, 2.24) is 20.2 Å². The van der Waals surface area contributed by atoms with E-state index >= 15 is 0 Å². The highest BCUT2D eigenvalue weighted by Gasteiger charge is 2.34. The SMILES string of the molecule is COC(=O)C1=C(C)Nc2nnnn2C1c1ccc(OCc2ccccc2F)cc1. The highest BCUT2D eigenvalue weighted by atomic mass is 19.1. The largest absolute Gasteiger partial charge is 0.489 e. The Labute approximate surface area is 165 Å². The van der Waals surface area contributed by atoms with Gasteiger partial charge in [0.05, 0.1) is 12.7 Å². The third-order valence-corrected chi connectivity index (χ3v) is 4.67. The van der Waals surface area contributed by atoms with Crippen LogP contribution in [0.3, 0.4) is 0 Å². The number of methoxy groups -OCH3 is 1. The topological polar surface area (TPSA) is 91.2 Å². The summed E-state index contributed by atoms with van der Waals surface area (Å²) in [4.78, 5) is 12.4. The second-order valence-electron chi connectivity index (χ2n) is 6.45. The zero-order valence-corrected chi connectivity index (χ0v) is 15.8. The highest BCUT2D eigenvalue weighted by molar-refractivity contribution is 5.92. The normalized spacial score (nSPS) is 15.5. The first-order chi connectivity index (χ1) is 14.1. The molecule has 1 unspecified atom stereocenters. The lowest BCUT2D eigenvalue weighted by molar-refractivity contribution is -0.136. The predicted octanol–water partition coefficient (Wildman–Crippen LogP) is 2.85. The number of ether oxygens (including phenoxy) is 2. The Morgan fingerprint density at radius 2 is 1.97 bits per heavy atom. The van der Waals surface area contributed by atoms with Crippen LogP contribution in [0.15, 0.2) is 59.8 Å². The van der Waals surface area contributed by atoms with Crippen molar-refractivity contribution in [3.05, 3.63) is 76.7 Å². The Morgan fingerprint density at radius 3 is 2.69 bits per heavy atom. The molecule has 0 spiro atoms. The smallest absolute Gasteiger partial charge is 0.338 e. The number of benzene rings is 2. The van der Waals surface area contributed by atoms with E-state index in [0.717, 1.165) is 5.56 Å². The molecule has 8 nitrogen and oxygen atoms in total. The van der Waals surface area contributed by atoms with E-state index in [9.17, 15) is 9.18 Å². The molecule has 9 heteroatoms. The predicted molar refractivity (Wildman–Crippen MR) is 101 cm³/mol. The lowest BCUT2D eigenvalue weighted by Crippen LogP contribution is -2.29. The number of hydrogen-bond donors (Lipinski definition) is 1. The summed E-state index contributed by atoms with van der Waals surface area (Å²) in [6.45, 7) is 1.88. The van der Waals surface area contributed by atoms with Gasteiger partial charge in [-0.05, 0) is 41.1 Å². The number of halogens is 1. The standard InChI is InChI=1S/C20H18FN5O3/c1-12-17(19(27)28-2)18(26-20(22-12)23-24-25-26)13-7-9-15(10-8-13)29-11-14-5-3-4-6-16(14)21/h3-10,18H,11H2,1-2H3,(H,22,23,25). The first kappa shape index (κ1) is 18.6. The highest BCUT2D eigenvalue weighted by Crippen LogP contribution is 2.35. The number of carbonyl (C=O) groups excluding carboxylic acids is 1. The quantitative estimate of drug-likeness (QED) is 0.664. The number of allylic oxidation sites excluding steroid dienone is 1. The second kappa shape index (κ2) is 7.70. The van der Waals surface area contributed by atoms with Crippen LogP contribution in [0.5, 0.6) is 5.75 Å². The van der Waals surface area contributed by atoms with Crippen LogP contribution in [0.4, 0.5) is 10.3 Å². The van der Waals surface area contributed by atoms with E-state index in [1.54, 1.807) is 37.3 Å². The molecule has 0 radical (unpaired) electrons. The van der Waals surface area contributed by atoms with Gasteiger partial charge in [0, 0.05) is 11.3 Å². The average Bonchev–Trinajstić information content (AvgIpc) is 3.20. The minimum Gasteiger partial charge on any atom is -0.489 e. The molecular weight excluding hydrogens is 377 g/mol. The fraction of sp³-hybridized carbons (Fsp3) is 0.200. The summed E-state index contributed by atoms with van der Waals surface area (Å²) >= 11 is 0. The number of esters is 1. The molecule has 3 aromatic rings. The summed E-state index contributed by atoms with van der Waals surface area (Å²) < 4.78 is 25.9. The number of anilines is 1. The minimum atomic E-state index is -0.547. The maximum Gasteiger partial charge on any atom is 0.338 e. The Kier molecular flexibility index (Phi) is 4.94. The fourth-order valence-electron chi connectivity index (χ4n) is 3.22. The zero-order valence-electron chi connectivity index (χ0n) is 15.8. The Bertz CT molecular complexity index is 1080. The van der Waals surface area contributed by atoms with Crippen molar-refractivity contribution in [2.45, 2.75) is 19.6 Å². The van der Waals surface area contributed by atoms with Crippen molar-refractivity contribution in [2.75, 3.05) is 12.4 Å². The number of hydrogen-bond acceptors (Lipinski definition) is 7. The lowest BCUT2D eigenvalue weighted by atomic mass is 9.96. The molecule has 1 aliphatic heterocycles. The Morgan fingerprint density at radius 1 is 1.21 bits per heavy atom. The first-order valence-corrected chi connectivity index (χ1v) is 8.88. The molecule has 0 fully saturated rings. The molecule has 1 atom stereocenters. The van der Waals surface area contributed by atoms with Gasteiger partial charge in [-0.3, -0.25) is 0 Å². The third-order valence-electron chi connectivity index (χ3n) is 4.67. The van der Waals surface area contributed by atoms with E-state index < -0.39 is 12.0 Å². The number of tetrazole rings is 1. The molecule has 0 bridgehead atoms. The summed E-state index contributed by atoms with van der Waals surface area (Å²) in [7, 11) is 1.33. The number of nitrogens with zero attached hydrogens (tertiary/aromatic N) is 4. The van der Waals surface area contributed by atoms with Gasteiger partial charge < -0.3 is 14.8 Å². The van der Waals surface area contributed by atoms with Gasteiger partial charge in [-0.15, -0.1) is 0 Å². The van der Waals surface area contributed by atoms with Gasteiger partial charge in [0.2, 0.25) is 5.95 Å². The molecular formula is C20H18FN5O3. The molecule has 29 heavy (non-hydrogen) atoms. The van der Waals surface area contributed by atoms with E-state index in [1.165, 1.54) is 17.9 Å². The van der Waals surface area contributed by atoms with Gasteiger partial charge >= 0.3 is 5.97 Å². The molecule has 0 amide bonds. The molecule has 2 aromatic carbocycles. The molecule has 0 saturated carbocycles. The number of carbonyl (C=O) groups is 1. The molecule has 0 aliphatic carbocycles. The van der Waals surface area contributed by atoms with Crippen molar-refractivity contribution in [3.63, 3.8) is 0 Å². The minimum absolute atomic E-state index is 0.114. The van der Waals surface area contributed by atoms with Crippen LogP contribution < -0.4 is 10.1 Å². The number of aromatic nitrogens is 4. The molecule has 148 valence electrons. The van der Waals surface area contributed by atoms with Crippen LogP contribution in [0, 0.1) is 5.82 Å². The van der Waals surface area contributed by atoms with Gasteiger partial charge in [-0.1, -0.05) is 35.4 Å². The van der Waals surface area contributed by atoms with Crippen LogP contribution >= 0.6 is 0 Å². The molecule has 2 heterocycles. The van der Waals surface area contributed by atoms with Gasteiger partial charge in [-0.2, -0.15) is 4.68 Å². The van der Waals surface area contributed by atoms with E-state index in [1.807, 2.05) is 12.1 Å². The Hall–Kier alpha value is -3.75. The monoisotopic (exact) mass is 395 g/mol. The maximum absolute atomic E-state index is 13.7. The first-order valence-electron chi connectivity index (χ1n) is 8.88. The molecule has 1 aromatic heterocycles. The summed E-state index contributed by atoms with van der Waals surface area (Å²) in [5, 5.41) is 14.6. The zero-order chi connectivity index (χ0) is 20.4. The fourth-order valence-corrected chi connectivity index (χ4v) is 3.22. The van der Waals surface area contributed by atoms with Crippen molar-refractivity contribution in [3.8, 4) is 5.75 Å². The van der Waals surface area contributed by atoms with Crippen molar-refractivity contribution in [1.29, 1.82) is 0 Å². The van der Waals surface area contributed by atoms with Crippen molar-refractivity contribution >= 4 is 11.9 Å². The van der Waals surface area contributed by atoms with Crippen molar-refractivity contribution < 1.29 is 18.7 Å². The summed E-state index contributed by atoms with van der Waals surface area (Å²) in [6, 6.07) is 13.1. The van der Waals surface area contributed by atoms with E-state index in [-0.39, 0.29) is 12.4 Å².